The van der Waals surface area contributed by atoms with Gasteiger partial charge in [0.15, 0.2) is 0 Å². The van der Waals surface area contributed by atoms with Crippen molar-refractivity contribution in [3.05, 3.63) is 57.9 Å². The molecule has 11 heteroatoms. The van der Waals surface area contributed by atoms with Gasteiger partial charge in [-0.05, 0) is 104 Å². The summed E-state index contributed by atoms with van der Waals surface area (Å²) in [6, 6.07) is 6.42. The Morgan fingerprint density at radius 2 is 1.81 bits per heavy atom. The van der Waals surface area contributed by atoms with Gasteiger partial charge in [0.2, 0.25) is 0 Å². The molecule has 200 valence electrons. The molecule has 1 aliphatic heterocycles. The largest absolute Gasteiger partial charge is 0.493 e. The van der Waals surface area contributed by atoms with E-state index in [9.17, 15) is 22.4 Å². The summed E-state index contributed by atoms with van der Waals surface area (Å²) in [6.45, 7) is 1.91. The fourth-order valence-corrected chi connectivity index (χ4v) is 6.21. The summed E-state index contributed by atoms with van der Waals surface area (Å²) in [5.41, 5.74) is 0.202. The van der Waals surface area contributed by atoms with E-state index in [-0.39, 0.29) is 16.5 Å². The molecule has 3 fully saturated rings. The maximum absolute atomic E-state index is 14.8. The van der Waals surface area contributed by atoms with Gasteiger partial charge >= 0.3 is 6.18 Å². The monoisotopic (exact) mass is 574 g/mol. The summed E-state index contributed by atoms with van der Waals surface area (Å²) in [7, 11) is 0. The van der Waals surface area contributed by atoms with E-state index in [4.69, 9.17) is 16.3 Å². The highest BCUT2D eigenvalue weighted by Crippen LogP contribution is 2.45. The highest BCUT2D eigenvalue weighted by atomic mass is 35.5. The minimum Gasteiger partial charge on any atom is -0.493 e. The van der Waals surface area contributed by atoms with Crippen molar-refractivity contribution in [3.8, 4) is 5.75 Å². The second-order valence-electron chi connectivity index (χ2n) is 9.81. The van der Waals surface area contributed by atoms with Crippen LogP contribution < -0.4 is 9.46 Å². The number of alkyl halides is 3. The Labute approximate surface area is 227 Å². The summed E-state index contributed by atoms with van der Waals surface area (Å²) in [5.74, 6) is 0.103. The Balaban J connectivity index is 1.14. The maximum atomic E-state index is 14.8. The number of piperidine rings is 1. The Morgan fingerprint density at radius 1 is 1.08 bits per heavy atom. The fourth-order valence-electron chi connectivity index (χ4n) is 4.23. The maximum Gasteiger partial charge on any atom is 0.416 e. The van der Waals surface area contributed by atoms with Crippen molar-refractivity contribution in [3.63, 3.8) is 0 Å². The minimum atomic E-state index is -4.42. The van der Waals surface area contributed by atoms with E-state index in [2.05, 4.69) is 9.03 Å². The van der Waals surface area contributed by atoms with Gasteiger partial charge in [-0.2, -0.15) is 13.2 Å². The number of amides is 1. The van der Waals surface area contributed by atoms with Gasteiger partial charge in [-0.1, -0.05) is 11.6 Å². The summed E-state index contributed by atoms with van der Waals surface area (Å²) in [4.78, 5) is 13.1. The Morgan fingerprint density at radius 3 is 2.43 bits per heavy atom. The van der Waals surface area contributed by atoms with Crippen molar-refractivity contribution in [2.24, 2.45) is 5.92 Å². The zero-order chi connectivity index (χ0) is 26.2. The van der Waals surface area contributed by atoms with Gasteiger partial charge < -0.3 is 4.74 Å². The van der Waals surface area contributed by atoms with Gasteiger partial charge in [0.05, 0.1) is 22.8 Å². The molecule has 0 spiro atoms. The third-order valence-electron chi connectivity index (χ3n) is 6.74. The first kappa shape index (κ1) is 27.0. The standard InChI is InChI=1S/C26H27ClF4N2O2S2/c27-21-11-17(26(29,30)31)3-6-24(21)37-33-9-7-15(8-10-33)14-35-23-13-22(28)20(12-19(23)16-1-2-16)25(34)32-36-18-4-5-18/h3,6,11-13,15-16,18H,1-2,4-5,7-10,14H2,(H,32,34). The van der Waals surface area contributed by atoms with Crippen LogP contribution in [0, 0.1) is 11.7 Å². The Hall–Kier alpha value is -1.62. The summed E-state index contributed by atoms with van der Waals surface area (Å²) in [5, 5.41) is 0.525. The van der Waals surface area contributed by atoms with Crippen LogP contribution in [0.15, 0.2) is 35.2 Å². The van der Waals surface area contributed by atoms with E-state index >= 15 is 0 Å². The first-order valence-corrected chi connectivity index (χ1v) is 14.4. The van der Waals surface area contributed by atoms with Gasteiger partial charge in [-0.15, -0.1) is 0 Å². The number of carbonyl (C=O) groups is 1. The van der Waals surface area contributed by atoms with Gasteiger partial charge in [-0.3, -0.25) is 9.52 Å². The molecule has 1 amide bonds. The number of carbonyl (C=O) groups excluding carboxylic acids is 1. The van der Waals surface area contributed by atoms with Crippen LogP contribution in [-0.4, -0.2) is 35.2 Å². The number of hydrogen-bond acceptors (Lipinski definition) is 5. The molecule has 5 rings (SSSR count). The third kappa shape index (κ3) is 7.07. The van der Waals surface area contributed by atoms with E-state index in [1.54, 1.807) is 6.07 Å². The Bertz CT molecular complexity index is 1150. The van der Waals surface area contributed by atoms with Crippen LogP contribution in [0.4, 0.5) is 17.6 Å². The van der Waals surface area contributed by atoms with Gasteiger partial charge in [0.1, 0.15) is 11.6 Å². The molecule has 0 bridgehead atoms. The highest BCUT2D eigenvalue weighted by molar-refractivity contribution is 7.98. The lowest BCUT2D eigenvalue weighted by molar-refractivity contribution is -0.137. The molecule has 4 nitrogen and oxygen atoms in total. The van der Waals surface area contributed by atoms with Crippen LogP contribution >= 0.6 is 35.5 Å². The summed E-state index contributed by atoms with van der Waals surface area (Å²) in [6.07, 6.45) is 1.41. The molecule has 0 radical (unpaired) electrons. The van der Waals surface area contributed by atoms with Crippen molar-refractivity contribution in [1.29, 1.82) is 0 Å². The van der Waals surface area contributed by atoms with Crippen molar-refractivity contribution < 1.29 is 27.1 Å². The number of ether oxygens (including phenoxy) is 1. The predicted molar refractivity (Wildman–Crippen MR) is 139 cm³/mol. The van der Waals surface area contributed by atoms with E-state index in [0.717, 1.165) is 69.3 Å². The van der Waals surface area contributed by atoms with Crippen LogP contribution in [0.2, 0.25) is 5.02 Å². The van der Waals surface area contributed by atoms with Crippen molar-refractivity contribution in [1.82, 2.24) is 9.03 Å². The first-order valence-electron chi connectivity index (χ1n) is 12.4. The third-order valence-corrected chi connectivity index (χ3v) is 9.45. The predicted octanol–water partition coefficient (Wildman–Crippen LogP) is 7.71. The van der Waals surface area contributed by atoms with E-state index in [0.29, 0.717) is 28.4 Å². The van der Waals surface area contributed by atoms with Crippen molar-refractivity contribution in [2.45, 2.75) is 60.8 Å². The van der Waals surface area contributed by atoms with Crippen LogP contribution in [0.25, 0.3) is 0 Å². The number of hydrogen-bond donors (Lipinski definition) is 1. The lowest BCUT2D eigenvalue weighted by atomic mass is 9.99. The van der Waals surface area contributed by atoms with Crippen LogP contribution in [0.3, 0.4) is 0 Å². The number of nitrogens with one attached hydrogen (secondary N) is 1. The van der Waals surface area contributed by atoms with Crippen molar-refractivity contribution in [2.75, 3.05) is 19.7 Å². The molecule has 37 heavy (non-hydrogen) atoms. The summed E-state index contributed by atoms with van der Waals surface area (Å²) >= 11 is 8.83. The fraction of sp³-hybridized carbons (Fsp3) is 0.500. The molecule has 1 N–H and O–H groups in total. The van der Waals surface area contributed by atoms with Crippen molar-refractivity contribution >= 4 is 41.4 Å². The number of rotatable bonds is 9. The summed E-state index contributed by atoms with van der Waals surface area (Å²) < 4.78 is 64.4. The van der Waals surface area contributed by atoms with Gasteiger partial charge in [0.25, 0.3) is 5.91 Å². The average molecular weight is 575 g/mol. The second-order valence-corrected chi connectivity index (χ2v) is 12.5. The smallest absolute Gasteiger partial charge is 0.416 e. The molecule has 0 aromatic heterocycles. The first-order chi connectivity index (χ1) is 17.7. The number of benzene rings is 2. The molecular weight excluding hydrogens is 548 g/mol. The molecule has 2 aromatic rings. The van der Waals surface area contributed by atoms with Crippen LogP contribution in [0.1, 0.15) is 65.9 Å². The molecule has 1 saturated heterocycles. The molecule has 2 aliphatic carbocycles. The molecule has 1 heterocycles. The second kappa shape index (κ2) is 11.2. The lowest BCUT2D eigenvalue weighted by Crippen LogP contribution is -2.31. The number of halogens is 5. The molecule has 0 atom stereocenters. The topological polar surface area (TPSA) is 41.6 Å². The molecule has 3 aliphatic rings. The van der Waals surface area contributed by atoms with E-state index < -0.39 is 23.5 Å². The van der Waals surface area contributed by atoms with Gasteiger partial charge in [0, 0.05) is 29.3 Å². The molecular formula is C26H27ClF4N2O2S2. The SMILES string of the molecule is O=C(NSC1CC1)c1cc(C2CC2)c(OCC2CCN(Sc3ccc(C(F)(F)F)cc3Cl)CC2)cc1F. The molecule has 2 aromatic carbocycles. The molecule has 2 saturated carbocycles. The zero-order valence-electron chi connectivity index (χ0n) is 20.0. The zero-order valence-corrected chi connectivity index (χ0v) is 22.3. The number of nitrogens with zero attached hydrogens (tertiary/aromatic N) is 1. The van der Waals surface area contributed by atoms with Gasteiger partial charge in [-0.25, -0.2) is 8.70 Å². The lowest BCUT2D eigenvalue weighted by Gasteiger charge is -2.31. The van der Waals surface area contributed by atoms with Crippen LogP contribution in [0.5, 0.6) is 5.75 Å². The van der Waals surface area contributed by atoms with E-state index in [1.165, 1.54) is 36.0 Å². The average Bonchev–Trinajstić information content (AvgIpc) is 3.77. The van der Waals surface area contributed by atoms with E-state index in [1.807, 2.05) is 0 Å². The Kier molecular flexibility index (Phi) is 8.19. The molecule has 0 unspecified atom stereocenters. The van der Waals surface area contributed by atoms with Crippen LogP contribution in [-0.2, 0) is 6.18 Å². The minimum absolute atomic E-state index is 0.0645. The highest BCUT2D eigenvalue weighted by Gasteiger charge is 2.32. The quantitative estimate of drug-likeness (QED) is 0.245. The normalized spacial score (nSPS) is 19.2.